The molecule has 1 saturated heterocycles. The number of nitrogen functional groups attached to an aromatic ring is 1. The summed E-state index contributed by atoms with van der Waals surface area (Å²) < 4.78 is 26.7. The van der Waals surface area contributed by atoms with Crippen molar-refractivity contribution in [3.63, 3.8) is 0 Å². The summed E-state index contributed by atoms with van der Waals surface area (Å²) in [5.41, 5.74) is 5.98. The minimum absolute atomic E-state index is 0.0341. The van der Waals surface area contributed by atoms with Gasteiger partial charge >= 0.3 is 0 Å². The fraction of sp³-hybridized carbons (Fsp3) is 0.389. The molecule has 10 heteroatoms. The Morgan fingerprint density at radius 2 is 2.18 bits per heavy atom. The van der Waals surface area contributed by atoms with Crippen LogP contribution in [0.25, 0.3) is 0 Å². The Bertz CT molecular complexity index is 854. The SMILES string of the molecule is Nc1ncc(CNC(=O)[C@@H](Cc2ccc(F)c(F)c2)NC(=O)[C@@H]2CCCN2)s1. The molecule has 28 heavy (non-hydrogen) atoms. The van der Waals surface area contributed by atoms with E-state index in [0.29, 0.717) is 17.1 Å². The van der Waals surface area contributed by atoms with Gasteiger partial charge in [0.15, 0.2) is 16.8 Å². The second kappa shape index (κ2) is 9.07. The van der Waals surface area contributed by atoms with Gasteiger partial charge in [0.25, 0.3) is 0 Å². The smallest absolute Gasteiger partial charge is 0.243 e. The van der Waals surface area contributed by atoms with E-state index in [1.54, 1.807) is 6.20 Å². The topological polar surface area (TPSA) is 109 Å². The predicted molar refractivity (Wildman–Crippen MR) is 101 cm³/mol. The summed E-state index contributed by atoms with van der Waals surface area (Å²) in [6.07, 6.45) is 3.16. The highest BCUT2D eigenvalue weighted by atomic mass is 32.1. The quantitative estimate of drug-likeness (QED) is 0.548. The van der Waals surface area contributed by atoms with E-state index in [1.807, 2.05) is 0 Å². The van der Waals surface area contributed by atoms with E-state index >= 15 is 0 Å². The lowest BCUT2D eigenvalue weighted by Gasteiger charge is -2.21. The second-order valence-corrected chi connectivity index (χ2v) is 7.69. The number of carbonyl (C=O) groups excluding carboxylic acids is 2. The van der Waals surface area contributed by atoms with Crippen molar-refractivity contribution in [3.05, 3.63) is 46.5 Å². The molecule has 1 aromatic carbocycles. The monoisotopic (exact) mass is 409 g/mol. The van der Waals surface area contributed by atoms with E-state index in [1.165, 1.54) is 17.4 Å². The zero-order chi connectivity index (χ0) is 20.1. The largest absolute Gasteiger partial charge is 0.375 e. The first-order chi connectivity index (χ1) is 13.4. The van der Waals surface area contributed by atoms with Crippen molar-refractivity contribution < 1.29 is 18.4 Å². The predicted octanol–water partition coefficient (Wildman–Crippen LogP) is 1.10. The highest BCUT2D eigenvalue weighted by Gasteiger charge is 2.27. The number of thiazole rings is 1. The molecule has 150 valence electrons. The molecule has 2 atom stereocenters. The third-order valence-electron chi connectivity index (χ3n) is 4.44. The molecular formula is C18H21F2N5O2S. The number of carbonyl (C=O) groups is 2. The normalized spacial score (nSPS) is 17.3. The number of nitrogens with one attached hydrogen (secondary N) is 3. The van der Waals surface area contributed by atoms with Crippen molar-refractivity contribution >= 4 is 28.3 Å². The van der Waals surface area contributed by atoms with Crippen LogP contribution in [0.5, 0.6) is 0 Å². The van der Waals surface area contributed by atoms with Gasteiger partial charge < -0.3 is 21.7 Å². The van der Waals surface area contributed by atoms with Crippen LogP contribution in [0.3, 0.4) is 0 Å². The van der Waals surface area contributed by atoms with E-state index < -0.39 is 23.6 Å². The minimum atomic E-state index is -0.999. The van der Waals surface area contributed by atoms with E-state index in [9.17, 15) is 18.4 Å². The maximum Gasteiger partial charge on any atom is 0.243 e. The van der Waals surface area contributed by atoms with Gasteiger partial charge in [0.1, 0.15) is 6.04 Å². The standard InChI is InChI=1S/C18H21F2N5O2S/c19-12-4-3-10(6-13(12)20)7-15(25-17(27)14-2-1-5-22-14)16(26)23-8-11-9-24-18(21)28-11/h3-4,6,9,14-15,22H,1-2,5,7-8H2,(H2,21,24)(H,23,26)(H,25,27)/t14-,15+/m0/s1. The molecule has 0 spiro atoms. The zero-order valence-corrected chi connectivity index (χ0v) is 15.8. The van der Waals surface area contributed by atoms with Crippen LogP contribution in [0.2, 0.25) is 0 Å². The molecular weight excluding hydrogens is 388 g/mol. The zero-order valence-electron chi connectivity index (χ0n) is 15.0. The van der Waals surface area contributed by atoms with Crippen LogP contribution >= 0.6 is 11.3 Å². The number of benzene rings is 1. The number of hydrogen-bond acceptors (Lipinski definition) is 6. The number of anilines is 1. The first-order valence-corrected chi connectivity index (χ1v) is 9.69. The first kappa shape index (κ1) is 20.2. The summed E-state index contributed by atoms with van der Waals surface area (Å²) in [7, 11) is 0. The fourth-order valence-corrected chi connectivity index (χ4v) is 3.62. The van der Waals surface area contributed by atoms with Gasteiger partial charge in [-0.15, -0.1) is 11.3 Å². The van der Waals surface area contributed by atoms with Gasteiger partial charge in [0, 0.05) is 17.5 Å². The van der Waals surface area contributed by atoms with E-state index in [2.05, 4.69) is 20.9 Å². The second-order valence-electron chi connectivity index (χ2n) is 6.55. The lowest BCUT2D eigenvalue weighted by atomic mass is 10.0. The Morgan fingerprint density at radius 1 is 1.36 bits per heavy atom. The Morgan fingerprint density at radius 3 is 2.82 bits per heavy atom. The molecule has 3 rings (SSSR count). The summed E-state index contributed by atoms with van der Waals surface area (Å²) in [6, 6.07) is 2.13. The maximum atomic E-state index is 13.5. The fourth-order valence-electron chi connectivity index (χ4n) is 2.99. The van der Waals surface area contributed by atoms with Gasteiger partial charge in [-0.25, -0.2) is 13.8 Å². The average molecular weight is 409 g/mol. The highest BCUT2D eigenvalue weighted by Crippen LogP contribution is 2.15. The number of aromatic nitrogens is 1. The Balaban J connectivity index is 1.69. The van der Waals surface area contributed by atoms with Gasteiger partial charge in [-0.1, -0.05) is 6.07 Å². The Labute approximate surface area is 164 Å². The molecule has 1 aliphatic rings. The minimum Gasteiger partial charge on any atom is -0.375 e. The summed E-state index contributed by atoms with van der Waals surface area (Å²) >= 11 is 1.25. The number of hydrogen-bond donors (Lipinski definition) is 4. The molecule has 2 aromatic rings. The molecule has 0 saturated carbocycles. The van der Waals surface area contributed by atoms with Crippen LogP contribution in [0.15, 0.2) is 24.4 Å². The maximum absolute atomic E-state index is 13.5. The van der Waals surface area contributed by atoms with Crippen molar-refractivity contribution in [1.29, 1.82) is 0 Å². The molecule has 0 unspecified atom stereocenters. The van der Waals surface area contributed by atoms with Gasteiger partial charge in [-0.2, -0.15) is 0 Å². The van der Waals surface area contributed by atoms with Gasteiger partial charge in [0.05, 0.1) is 12.6 Å². The molecule has 1 aromatic heterocycles. The lowest BCUT2D eigenvalue weighted by molar-refractivity contribution is -0.129. The molecule has 0 radical (unpaired) electrons. The van der Waals surface area contributed by atoms with Crippen LogP contribution in [0.4, 0.5) is 13.9 Å². The van der Waals surface area contributed by atoms with Crippen molar-refractivity contribution in [2.24, 2.45) is 0 Å². The molecule has 2 heterocycles. The van der Waals surface area contributed by atoms with Crippen LogP contribution in [-0.4, -0.2) is 35.4 Å². The highest BCUT2D eigenvalue weighted by molar-refractivity contribution is 7.15. The molecule has 7 nitrogen and oxygen atoms in total. The average Bonchev–Trinajstić information content (AvgIpc) is 3.34. The van der Waals surface area contributed by atoms with Crippen LogP contribution in [0, 0.1) is 11.6 Å². The number of rotatable bonds is 7. The third kappa shape index (κ3) is 5.23. The molecule has 1 aliphatic heterocycles. The van der Waals surface area contributed by atoms with Crippen molar-refractivity contribution in [1.82, 2.24) is 20.9 Å². The summed E-state index contributed by atoms with van der Waals surface area (Å²) in [6.45, 7) is 0.949. The molecule has 5 N–H and O–H groups in total. The number of halogens is 2. The Kier molecular flexibility index (Phi) is 6.53. The Hall–Kier alpha value is -2.59. The molecule has 0 bridgehead atoms. The van der Waals surface area contributed by atoms with Crippen molar-refractivity contribution in [2.45, 2.75) is 37.9 Å². The lowest BCUT2D eigenvalue weighted by Crippen LogP contribution is -2.52. The van der Waals surface area contributed by atoms with E-state index in [4.69, 9.17) is 5.73 Å². The van der Waals surface area contributed by atoms with Gasteiger partial charge in [-0.05, 0) is 37.1 Å². The summed E-state index contributed by atoms with van der Waals surface area (Å²) in [5.74, 6) is -2.68. The number of nitrogens with zero attached hydrogens (tertiary/aromatic N) is 1. The molecule has 1 fully saturated rings. The van der Waals surface area contributed by atoms with Gasteiger partial charge in [0.2, 0.25) is 11.8 Å². The number of nitrogens with two attached hydrogens (primary N) is 1. The molecule has 2 amide bonds. The van der Waals surface area contributed by atoms with E-state index in [0.717, 1.165) is 30.0 Å². The third-order valence-corrected chi connectivity index (χ3v) is 5.27. The summed E-state index contributed by atoms with van der Waals surface area (Å²) in [5, 5.41) is 8.90. The number of amides is 2. The van der Waals surface area contributed by atoms with Crippen molar-refractivity contribution in [3.8, 4) is 0 Å². The summed E-state index contributed by atoms with van der Waals surface area (Å²) in [4.78, 5) is 29.8. The molecule has 0 aliphatic carbocycles. The van der Waals surface area contributed by atoms with Crippen LogP contribution in [-0.2, 0) is 22.6 Å². The van der Waals surface area contributed by atoms with E-state index in [-0.39, 0.29) is 24.9 Å². The van der Waals surface area contributed by atoms with Crippen LogP contribution in [0.1, 0.15) is 23.3 Å². The van der Waals surface area contributed by atoms with Crippen molar-refractivity contribution in [2.75, 3.05) is 12.3 Å². The van der Waals surface area contributed by atoms with Gasteiger partial charge in [-0.3, -0.25) is 9.59 Å². The first-order valence-electron chi connectivity index (χ1n) is 8.88. The van der Waals surface area contributed by atoms with Crippen LogP contribution < -0.4 is 21.7 Å².